The molecule has 4 unspecified atom stereocenters. The van der Waals surface area contributed by atoms with Crippen LogP contribution in [0.2, 0.25) is 0 Å². The van der Waals surface area contributed by atoms with Gasteiger partial charge in [-0.2, -0.15) is 0 Å². The average molecular weight is 575 g/mol. The number of amides is 3. The number of aromatic amines is 1. The van der Waals surface area contributed by atoms with Gasteiger partial charge in [0, 0.05) is 24.7 Å². The third kappa shape index (κ3) is 11.9. The number of carboxylic acid groups (broad SMARTS) is 1. The molecule has 0 aliphatic carbocycles. The van der Waals surface area contributed by atoms with Crippen molar-refractivity contribution in [3.63, 3.8) is 0 Å². The zero-order valence-corrected chi connectivity index (χ0v) is 23.1. The SMILES string of the molecule is NCCCCC(N)C(=O)NC(Cc1ccc(O)cc1)C(=O)NC(Cc1cnc[nH]1)C(=O)NC(CCCCN)C(=O)O. The van der Waals surface area contributed by atoms with Gasteiger partial charge >= 0.3 is 5.97 Å². The fourth-order valence-corrected chi connectivity index (χ4v) is 4.12. The van der Waals surface area contributed by atoms with Crippen LogP contribution in [0, 0.1) is 0 Å². The summed E-state index contributed by atoms with van der Waals surface area (Å²) in [6, 6.07) is 1.78. The number of phenols is 1. The number of phenolic OH excluding ortho intramolecular Hbond substituents is 1. The Morgan fingerprint density at radius 1 is 0.805 bits per heavy atom. The van der Waals surface area contributed by atoms with Gasteiger partial charge in [0.25, 0.3) is 0 Å². The standard InChI is InChI=1S/C27H42N8O6/c28-11-3-1-5-20(30)24(37)34-22(13-17-7-9-19(36)10-8-17)25(38)35-23(14-18-15-31-16-32-18)26(39)33-21(27(40)41)6-2-4-12-29/h7-10,15-16,20-23,36H,1-6,11-14,28-30H2,(H,31,32)(H,33,39)(H,34,37)(H,35,38)(H,40,41). The number of hydrogen-bond acceptors (Lipinski definition) is 9. The molecular formula is C27H42N8O6. The van der Waals surface area contributed by atoms with Crippen molar-refractivity contribution < 1.29 is 29.4 Å². The predicted octanol–water partition coefficient (Wildman–Crippen LogP) is -0.975. The van der Waals surface area contributed by atoms with Gasteiger partial charge in [-0.3, -0.25) is 14.4 Å². The summed E-state index contributed by atoms with van der Waals surface area (Å²) in [6.45, 7) is 0.860. The summed E-state index contributed by atoms with van der Waals surface area (Å²) < 4.78 is 0. The molecular weight excluding hydrogens is 532 g/mol. The number of carboxylic acids is 1. The van der Waals surface area contributed by atoms with Crippen molar-refractivity contribution in [3.05, 3.63) is 48.0 Å². The maximum Gasteiger partial charge on any atom is 0.326 e. The van der Waals surface area contributed by atoms with Crippen LogP contribution in [-0.4, -0.2) is 81.1 Å². The minimum Gasteiger partial charge on any atom is -0.508 e. The molecule has 0 aliphatic heterocycles. The zero-order valence-electron chi connectivity index (χ0n) is 23.1. The van der Waals surface area contributed by atoms with E-state index >= 15 is 0 Å². The first-order valence-corrected chi connectivity index (χ1v) is 13.7. The minimum atomic E-state index is -1.21. The number of aromatic hydroxyl groups is 1. The van der Waals surface area contributed by atoms with E-state index in [1.807, 2.05) is 0 Å². The summed E-state index contributed by atoms with van der Waals surface area (Å²) in [6.07, 6.45) is 5.92. The molecule has 0 aliphatic rings. The van der Waals surface area contributed by atoms with Crippen molar-refractivity contribution in [2.75, 3.05) is 13.1 Å². The van der Waals surface area contributed by atoms with Gasteiger partial charge in [0.15, 0.2) is 0 Å². The molecule has 4 atom stereocenters. The number of nitrogens with zero attached hydrogens (tertiary/aromatic N) is 1. The van der Waals surface area contributed by atoms with E-state index in [-0.39, 0.29) is 25.0 Å². The molecule has 14 nitrogen and oxygen atoms in total. The number of rotatable bonds is 19. The molecule has 1 aromatic carbocycles. The number of benzene rings is 1. The van der Waals surface area contributed by atoms with E-state index in [2.05, 4.69) is 25.9 Å². The molecule has 1 heterocycles. The highest BCUT2D eigenvalue weighted by Gasteiger charge is 2.31. The number of H-pyrrole nitrogens is 1. The van der Waals surface area contributed by atoms with Crippen molar-refractivity contribution in [1.82, 2.24) is 25.9 Å². The molecule has 3 amide bonds. The zero-order chi connectivity index (χ0) is 30.2. The lowest BCUT2D eigenvalue weighted by molar-refractivity contribution is -0.142. The molecule has 0 fully saturated rings. The smallest absolute Gasteiger partial charge is 0.326 e. The predicted molar refractivity (Wildman–Crippen MR) is 151 cm³/mol. The van der Waals surface area contributed by atoms with Crippen LogP contribution in [0.25, 0.3) is 0 Å². The Hall–Kier alpha value is -4.01. The lowest BCUT2D eigenvalue weighted by Crippen LogP contribution is -2.58. The summed E-state index contributed by atoms with van der Waals surface area (Å²) in [5, 5.41) is 27.1. The van der Waals surface area contributed by atoms with Gasteiger partial charge in [-0.1, -0.05) is 18.6 Å². The Balaban J connectivity index is 2.24. The van der Waals surface area contributed by atoms with Gasteiger partial charge in [0.2, 0.25) is 17.7 Å². The van der Waals surface area contributed by atoms with Gasteiger partial charge in [-0.25, -0.2) is 9.78 Å². The third-order valence-corrected chi connectivity index (χ3v) is 6.49. The molecule has 0 spiro atoms. The Labute approximate surface area is 238 Å². The molecule has 12 N–H and O–H groups in total. The number of carbonyl (C=O) groups excluding carboxylic acids is 3. The van der Waals surface area contributed by atoms with E-state index in [0.29, 0.717) is 56.5 Å². The Kier molecular flexibility index (Phi) is 14.3. The molecule has 14 heteroatoms. The van der Waals surface area contributed by atoms with E-state index in [0.717, 1.165) is 0 Å². The molecule has 2 rings (SSSR count). The van der Waals surface area contributed by atoms with Crippen LogP contribution in [0.4, 0.5) is 0 Å². The number of hydrogen-bond donors (Lipinski definition) is 9. The molecule has 0 saturated heterocycles. The van der Waals surface area contributed by atoms with Crippen LogP contribution >= 0.6 is 0 Å². The minimum absolute atomic E-state index is 0.00874. The fourth-order valence-electron chi connectivity index (χ4n) is 4.12. The lowest BCUT2D eigenvalue weighted by Gasteiger charge is -2.25. The highest BCUT2D eigenvalue weighted by Crippen LogP contribution is 2.12. The van der Waals surface area contributed by atoms with Gasteiger partial charge in [0.1, 0.15) is 23.9 Å². The first-order chi connectivity index (χ1) is 19.6. The molecule has 41 heavy (non-hydrogen) atoms. The number of unbranched alkanes of at least 4 members (excludes halogenated alkanes) is 2. The van der Waals surface area contributed by atoms with Crippen molar-refractivity contribution >= 4 is 23.7 Å². The van der Waals surface area contributed by atoms with E-state index in [4.69, 9.17) is 17.2 Å². The van der Waals surface area contributed by atoms with E-state index in [1.54, 1.807) is 12.1 Å². The van der Waals surface area contributed by atoms with Crippen LogP contribution in [0.15, 0.2) is 36.8 Å². The largest absolute Gasteiger partial charge is 0.508 e. The van der Waals surface area contributed by atoms with Crippen molar-refractivity contribution in [1.29, 1.82) is 0 Å². The van der Waals surface area contributed by atoms with Crippen molar-refractivity contribution in [2.24, 2.45) is 17.2 Å². The van der Waals surface area contributed by atoms with Gasteiger partial charge < -0.3 is 48.3 Å². The number of aromatic nitrogens is 2. The summed E-state index contributed by atoms with van der Waals surface area (Å²) >= 11 is 0. The van der Waals surface area contributed by atoms with E-state index in [9.17, 15) is 29.4 Å². The summed E-state index contributed by atoms with van der Waals surface area (Å²) in [5.74, 6) is -3.09. The van der Waals surface area contributed by atoms with Crippen LogP contribution in [0.3, 0.4) is 0 Å². The van der Waals surface area contributed by atoms with Gasteiger partial charge in [-0.15, -0.1) is 0 Å². The quantitative estimate of drug-likeness (QED) is 0.0927. The summed E-state index contributed by atoms with van der Waals surface area (Å²) in [7, 11) is 0. The van der Waals surface area contributed by atoms with Crippen molar-refractivity contribution in [2.45, 2.75) is 75.5 Å². The van der Waals surface area contributed by atoms with E-state index < -0.39 is 47.9 Å². The van der Waals surface area contributed by atoms with Crippen LogP contribution in [0.1, 0.15) is 49.8 Å². The second-order valence-corrected chi connectivity index (χ2v) is 9.85. The molecule has 0 bridgehead atoms. The fraction of sp³-hybridized carbons (Fsp3) is 0.519. The Morgan fingerprint density at radius 2 is 1.37 bits per heavy atom. The first kappa shape index (κ1) is 33.2. The molecule has 0 saturated carbocycles. The number of nitrogens with one attached hydrogen (secondary N) is 4. The lowest BCUT2D eigenvalue weighted by atomic mass is 10.0. The Morgan fingerprint density at radius 3 is 1.93 bits per heavy atom. The highest BCUT2D eigenvalue weighted by molar-refractivity contribution is 5.94. The topological polar surface area (TPSA) is 252 Å². The maximum absolute atomic E-state index is 13.5. The van der Waals surface area contributed by atoms with Crippen molar-refractivity contribution in [3.8, 4) is 5.75 Å². The summed E-state index contributed by atoms with van der Waals surface area (Å²) in [4.78, 5) is 58.2. The average Bonchev–Trinajstić information content (AvgIpc) is 3.46. The number of aliphatic carboxylic acids is 1. The van der Waals surface area contributed by atoms with E-state index in [1.165, 1.54) is 24.7 Å². The van der Waals surface area contributed by atoms with Gasteiger partial charge in [-0.05, 0) is 62.9 Å². The van der Waals surface area contributed by atoms with Crippen LogP contribution in [-0.2, 0) is 32.0 Å². The summed E-state index contributed by atoms with van der Waals surface area (Å²) in [5.41, 5.74) is 18.2. The highest BCUT2D eigenvalue weighted by atomic mass is 16.4. The molecule has 2 aromatic rings. The molecule has 1 aromatic heterocycles. The maximum atomic E-state index is 13.5. The third-order valence-electron chi connectivity index (χ3n) is 6.49. The Bertz CT molecular complexity index is 1100. The number of carbonyl (C=O) groups is 4. The number of imidazole rings is 1. The second-order valence-electron chi connectivity index (χ2n) is 9.85. The second kappa shape index (κ2) is 17.6. The molecule has 0 radical (unpaired) electrons. The molecule has 226 valence electrons. The first-order valence-electron chi connectivity index (χ1n) is 13.7. The normalized spacial score (nSPS) is 13.9. The van der Waals surface area contributed by atoms with Gasteiger partial charge in [0.05, 0.1) is 12.4 Å². The van der Waals surface area contributed by atoms with Crippen LogP contribution in [0.5, 0.6) is 5.75 Å². The van der Waals surface area contributed by atoms with Crippen LogP contribution < -0.4 is 33.2 Å². The number of nitrogens with two attached hydrogens (primary N) is 3. The monoisotopic (exact) mass is 574 g/mol.